The van der Waals surface area contributed by atoms with Crippen LogP contribution >= 0.6 is 0 Å². The molecule has 0 N–H and O–H groups in total. The van der Waals surface area contributed by atoms with Crippen molar-refractivity contribution in [3.63, 3.8) is 0 Å². The van der Waals surface area contributed by atoms with Crippen LogP contribution in [-0.4, -0.2) is 50.2 Å². The predicted molar refractivity (Wildman–Crippen MR) is 75.7 cm³/mol. The summed E-state index contributed by atoms with van der Waals surface area (Å²) in [6.07, 6.45) is 5.92. The molecular weight excluding hydrogens is 258 g/mol. The van der Waals surface area contributed by atoms with Gasteiger partial charge in [-0.3, -0.25) is 0 Å². The van der Waals surface area contributed by atoms with E-state index in [4.69, 9.17) is 4.74 Å². The monoisotopic (exact) mass is 285 g/mol. The number of rotatable bonds is 12. The van der Waals surface area contributed by atoms with E-state index in [9.17, 15) is 14.7 Å². The van der Waals surface area contributed by atoms with Gasteiger partial charge in [-0.25, -0.2) is 4.79 Å². The van der Waals surface area contributed by atoms with Crippen LogP contribution < -0.4 is 5.11 Å². The van der Waals surface area contributed by atoms with Crippen molar-refractivity contribution in [1.29, 1.82) is 0 Å². The van der Waals surface area contributed by atoms with Crippen molar-refractivity contribution in [1.82, 2.24) is 0 Å². The number of unbranched alkanes of at least 4 members (excludes halogenated alkanes) is 3. The molecule has 0 saturated carbocycles. The predicted octanol–water partition coefficient (Wildman–Crippen LogP) is 0.883. The second-order valence-corrected chi connectivity index (χ2v) is 5.64. The quantitative estimate of drug-likeness (QED) is 0.231. The van der Waals surface area contributed by atoms with E-state index in [1.54, 1.807) is 0 Å². The zero-order chi connectivity index (χ0) is 15.4. The summed E-state index contributed by atoms with van der Waals surface area (Å²) < 4.78 is 5.82. The summed E-state index contributed by atoms with van der Waals surface area (Å²) in [6, 6.07) is 0. The summed E-state index contributed by atoms with van der Waals surface area (Å²) in [5.74, 6) is -1.33. The molecule has 0 aromatic heterocycles. The van der Waals surface area contributed by atoms with Gasteiger partial charge in [0.25, 0.3) is 0 Å². The zero-order valence-corrected chi connectivity index (χ0v) is 12.7. The molecule has 0 bridgehead atoms. The number of hydrogen-bond acceptors (Lipinski definition) is 4. The lowest BCUT2D eigenvalue weighted by Crippen LogP contribution is -2.41. The highest BCUT2D eigenvalue weighted by Gasteiger charge is 2.14. The molecule has 0 aliphatic carbocycles. The molecule has 116 valence electrons. The average molecular weight is 285 g/mol. The van der Waals surface area contributed by atoms with Crippen LogP contribution in [0.1, 0.15) is 38.5 Å². The Kier molecular flexibility index (Phi) is 9.72. The van der Waals surface area contributed by atoms with E-state index < -0.39 is 5.97 Å². The Hall–Kier alpha value is -1.36. The average Bonchev–Trinajstić information content (AvgIpc) is 2.38. The molecule has 0 spiro atoms. The van der Waals surface area contributed by atoms with Crippen molar-refractivity contribution in [3.05, 3.63) is 12.7 Å². The number of carbonyl (C=O) groups is 2. The zero-order valence-electron chi connectivity index (χ0n) is 12.7. The first kappa shape index (κ1) is 18.6. The van der Waals surface area contributed by atoms with Crippen LogP contribution in [0.4, 0.5) is 0 Å². The SMILES string of the molecule is C=CC(=O)OCCC[N+](C)(C)CCCCCCC(=O)[O-]. The number of aliphatic carboxylic acids is 1. The van der Waals surface area contributed by atoms with Gasteiger partial charge in [0.15, 0.2) is 0 Å². The standard InChI is InChI=1S/C15H27NO4/c1-4-15(19)20-13-9-12-16(2,3)11-8-6-5-7-10-14(17)18/h4H,1,5-13H2,2-3H3. The Morgan fingerprint density at radius 3 is 2.30 bits per heavy atom. The van der Waals surface area contributed by atoms with Gasteiger partial charge < -0.3 is 19.1 Å². The first-order valence-electron chi connectivity index (χ1n) is 7.18. The molecule has 0 radical (unpaired) electrons. The van der Waals surface area contributed by atoms with Gasteiger partial charge in [0.2, 0.25) is 0 Å². The highest BCUT2D eigenvalue weighted by molar-refractivity contribution is 5.81. The van der Waals surface area contributed by atoms with Crippen molar-refractivity contribution in [3.8, 4) is 0 Å². The van der Waals surface area contributed by atoms with Gasteiger partial charge >= 0.3 is 5.97 Å². The number of nitrogens with zero attached hydrogens (tertiary/aromatic N) is 1. The number of ether oxygens (including phenoxy) is 1. The molecule has 5 heteroatoms. The molecule has 0 aliphatic rings. The van der Waals surface area contributed by atoms with Gasteiger partial charge in [-0.2, -0.15) is 0 Å². The highest BCUT2D eigenvalue weighted by Crippen LogP contribution is 2.07. The lowest BCUT2D eigenvalue weighted by Gasteiger charge is -2.29. The van der Waals surface area contributed by atoms with E-state index in [2.05, 4.69) is 20.7 Å². The van der Waals surface area contributed by atoms with Gasteiger partial charge in [-0.05, 0) is 25.7 Å². The number of hydrogen-bond donors (Lipinski definition) is 0. The second-order valence-electron chi connectivity index (χ2n) is 5.64. The summed E-state index contributed by atoms with van der Waals surface area (Å²) in [5, 5.41) is 10.3. The largest absolute Gasteiger partial charge is 0.550 e. The third-order valence-corrected chi connectivity index (χ3v) is 3.21. The number of quaternary nitrogens is 1. The molecule has 0 saturated heterocycles. The molecule has 5 nitrogen and oxygen atoms in total. The van der Waals surface area contributed by atoms with Crippen LogP contribution in [0.25, 0.3) is 0 Å². The summed E-state index contributed by atoms with van der Waals surface area (Å²) >= 11 is 0. The first-order chi connectivity index (χ1) is 9.37. The van der Waals surface area contributed by atoms with Crippen LogP contribution in [0.15, 0.2) is 12.7 Å². The molecule has 0 aromatic carbocycles. The smallest absolute Gasteiger partial charge is 0.330 e. The Morgan fingerprint density at radius 1 is 1.10 bits per heavy atom. The lowest BCUT2D eigenvalue weighted by molar-refractivity contribution is -0.890. The summed E-state index contributed by atoms with van der Waals surface area (Å²) in [5.41, 5.74) is 0. The van der Waals surface area contributed by atoms with Gasteiger partial charge in [0.1, 0.15) is 0 Å². The Bertz CT molecular complexity index is 313. The Morgan fingerprint density at radius 2 is 1.70 bits per heavy atom. The third-order valence-electron chi connectivity index (χ3n) is 3.21. The number of carboxylic acid groups (broad SMARTS) is 1. The van der Waals surface area contributed by atoms with E-state index in [0.29, 0.717) is 13.0 Å². The van der Waals surface area contributed by atoms with E-state index in [0.717, 1.165) is 43.3 Å². The topological polar surface area (TPSA) is 66.4 Å². The second kappa shape index (κ2) is 10.4. The third kappa shape index (κ3) is 11.7. The minimum Gasteiger partial charge on any atom is -0.550 e. The summed E-state index contributed by atoms with van der Waals surface area (Å²) in [4.78, 5) is 21.1. The molecule has 0 atom stereocenters. The van der Waals surface area contributed by atoms with E-state index in [1.165, 1.54) is 6.08 Å². The molecule has 0 fully saturated rings. The molecular formula is C15H27NO4. The van der Waals surface area contributed by atoms with Crippen molar-refractivity contribution in [2.75, 3.05) is 33.8 Å². The molecule has 0 amide bonds. The van der Waals surface area contributed by atoms with E-state index in [-0.39, 0.29) is 12.4 Å². The molecule has 0 aromatic rings. The van der Waals surface area contributed by atoms with Gasteiger partial charge in [-0.1, -0.05) is 13.0 Å². The van der Waals surface area contributed by atoms with Crippen molar-refractivity contribution in [2.24, 2.45) is 0 Å². The van der Waals surface area contributed by atoms with Crippen molar-refractivity contribution in [2.45, 2.75) is 38.5 Å². The maximum absolute atomic E-state index is 10.9. The fraction of sp³-hybridized carbons (Fsp3) is 0.733. The van der Waals surface area contributed by atoms with Crippen LogP contribution in [0.5, 0.6) is 0 Å². The van der Waals surface area contributed by atoms with Crippen molar-refractivity contribution < 1.29 is 23.9 Å². The lowest BCUT2D eigenvalue weighted by atomic mass is 10.1. The van der Waals surface area contributed by atoms with Gasteiger partial charge in [0.05, 0.1) is 33.8 Å². The Labute approximate surface area is 121 Å². The minimum atomic E-state index is -0.963. The number of carbonyl (C=O) groups excluding carboxylic acids is 2. The summed E-state index contributed by atoms with van der Waals surface area (Å²) in [6.45, 7) is 5.76. The minimum absolute atomic E-state index is 0.160. The molecule has 20 heavy (non-hydrogen) atoms. The summed E-state index contributed by atoms with van der Waals surface area (Å²) in [7, 11) is 4.30. The molecule has 0 heterocycles. The normalized spacial score (nSPS) is 11.1. The maximum Gasteiger partial charge on any atom is 0.330 e. The molecule has 0 rings (SSSR count). The molecule has 0 aliphatic heterocycles. The van der Waals surface area contributed by atoms with Crippen LogP contribution in [0.2, 0.25) is 0 Å². The first-order valence-corrected chi connectivity index (χ1v) is 7.18. The van der Waals surface area contributed by atoms with Crippen molar-refractivity contribution >= 4 is 11.9 Å². The van der Waals surface area contributed by atoms with Crippen LogP contribution in [0.3, 0.4) is 0 Å². The number of carboxylic acids is 1. The van der Waals surface area contributed by atoms with Gasteiger partial charge in [-0.15, -0.1) is 0 Å². The van der Waals surface area contributed by atoms with Gasteiger partial charge in [0, 0.05) is 18.5 Å². The van der Waals surface area contributed by atoms with Crippen LogP contribution in [-0.2, 0) is 14.3 Å². The van der Waals surface area contributed by atoms with Crippen LogP contribution in [0, 0.1) is 0 Å². The molecule has 0 unspecified atom stereocenters. The highest BCUT2D eigenvalue weighted by atomic mass is 16.5. The number of esters is 1. The fourth-order valence-corrected chi connectivity index (χ4v) is 2.00. The maximum atomic E-state index is 10.9. The Balaban J connectivity index is 3.56. The van der Waals surface area contributed by atoms with E-state index in [1.807, 2.05) is 0 Å². The fourth-order valence-electron chi connectivity index (χ4n) is 2.00. The van der Waals surface area contributed by atoms with E-state index >= 15 is 0 Å².